The van der Waals surface area contributed by atoms with Crippen molar-refractivity contribution in [1.82, 2.24) is 0 Å². The summed E-state index contributed by atoms with van der Waals surface area (Å²) in [6.45, 7) is 12.5. The van der Waals surface area contributed by atoms with Crippen LogP contribution in [0.25, 0.3) is 34.4 Å². The van der Waals surface area contributed by atoms with Crippen molar-refractivity contribution in [3.63, 3.8) is 0 Å². The Labute approximate surface area is 332 Å². The van der Waals surface area contributed by atoms with Gasteiger partial charge < -0.3 is 0 Å². The first-order chi connectivity index (χ1) is 27.3. The van der Waals surface area contributed by atoms with Crippen LogP contribution in [0.5, 0.6) is 0 Å². The summed E-state index contributed by atoms with van der Waals surface area (Å²) in [7, 11) is 0. The average molecular weight is 828 g/mol. The van der Waals surface area contributed by atoms with Crippen molar-refractivity contribution in [3.05, 3.63) is 191 Å². The van der Waals surface area contributed by atoms with E-state index in [1.165, 1.54) is 54.5 Å². The molecule has 2 heteroatoms. The summed E-state index contributed by atoms with van der Waals surface area (Å²) in [6.07, 6.45) is 12.1. The third-order valence-electron chi connectivity index (χ3n) is 16.0. The van der Waals surface area contributed by atoms with Crippen LogP contribution in [0.4, 0.5) is 0 Å². The Kier molecular flexibility index (Phi) is 9.74. The molecule has 2 aliphatic carbocycles. The molecule has 0 nitrogen and oxygen atoms in total. The van der Waals surface area contributed by atoms with Crippen molar-refractivity contribution >= 4 is 25.6 Å². The van der Waals surface area contributed by atoms with Gasteiger partial charge in [-0.3, -0.25) is 0 Å². The minimum atomic E-state index is -6.31. The molecule has 0 radical (unpaired) electrons. The number of hydrogen-bond donors (Lipinski definition) is 0. The van der Waals surface area contributed by atoms with Gasteiger partial charge in [0.1, 0.15) is 0 Å². The van der Waals surface area contributed by atoms with E-state index in [1.54, 1.807) is 28.8 Å². The molecule has 2 unspecified atom stereocenters. The van der Waals surface area contributed by atoms with Crippen LogP contribution in [0, 0.1) is 0 Å². The van der Waals surface area contributed by atoms with Crippen LogP contribution in [-0.2, 0) is 14.4 Å². The Morgan fingerprint density at radius 1 is 0.429 bits per heavy atom. The molecule has 0 saturated heterocycles. The minimum absolute atomic E-state index is 0.239. The molecule has 0 N–H and O–H groups in total. The van der Waals surface area contributed by atoms with Crippen LogP contribution in [0.3, 0.4) is 0 Å². The number of rotatable bonds is 14. The normalized spacial score (nSPS) is 18.1. The van der Waals surface area contributed by atoms with Crippen LogP contribution in [0.2, 0.25) is 8.26 Å². The topological polar surface area (TPSA) is 0 Å². The zero-order valence-corrected chi connectivity index (χ0v) is 38.1. The monoisotopic (exact) mass is 826 g/mol. The van der Waals surface area contributed by atoms with Gasteiger partial charge in [-0.25, -0.2) is 0 Å². The fourth-order valence-electron chi connectivity index (χ4n) is 13.8. The molecule has 0 fully saturated rings. The average Bonchev–Trinajstić information content (AvgIpc) is 3.88. The third kappa shape index (κ3) is 4.91. The van der Waals surface area contributed by atoms with E-state index in [9.17, 15) is 0 Å². The first kappa shape index (κ1) is 38.8. The van der Waals surface area contributed by atoms with Gasteiger partial charge in [0.25, 0.3) is 0 Å². The zero-order valence-electron chi connectivity index (χ0n) is 34.2. The summed E-state index contributed by atoms with van der Waals surface area (Å²) in [5, 5.41) is 0. The van der Waals surface area contributed by atoms with Gasteiger partial charge in [0.2, 0.25) is 0 Å². The molecule has 2 atom stereocenters. The van der Waals surface area contributed by atoms with Gasteiger partial charge >= 0.3 is 335 Å². The van der Waals surface area contributed by atoms with Gasteiger partial charge in [-0.05, 0) is 0 Å². The van der Waals surface area contributed by atoms with Crippen molar-refractivity contribution in [2.45, 2.75) is 81.7 Å². The second-order valence-corrected chi connectivity index (χ2v) is 60.5. The molecule has 0 amide bonds. The third-order valence-corrected chi connectivity index (χ3v) is 66.6. The summed E-state index contributed by atoms with van der Waals surface area (Å²) in [5.74, 6) is 0. The van der Waals surface area contributed by atoms with Crippen LogP contribution in [-0.4, -0.2) is 6.88 Å². The van der Waals surface area contributed by atoms with Crippen molar-refractivity contribution < 1.29 is 14.4 Å². The van der Waals surface area contributed by atoms with Crippen molar-refractivity contribution in [1.29, 1.82) is 0 Å². The van der Waals surface area contributed by atoms with E-state index in [-0.39, 0.29) is 7.25 Å². The van der Waals surface area contributed by atoms with E-state index in [1.807, 2.05) is 0 Å². The fourth-order valence-corrected chi connectivity index (χ4v) is 66.6. The van der Waals surface area contributed by atoms with E-state index in [2.05, 4.69) is 204 Å². The van der Waals surface area contributed by atoms with Gasteiger partial charge in [0.15, 0.2) is 0 Å². The number of benzene rings is 6. The summed E-state index contributed by atoms with van der Waals surface area (Å²) in [6, 6.07) is 61.8. The molecule has 6 aromatic rings. The SMILES string of the molecule is CCC[CH2][Zr](=[SiH2])([CH2]CCC)([c]1ccccc1)([c]1ccccc1)([CH]1C(CC)=Cc2c(-c3ccccc3)cccc21)[CH]1C(CC)=Cc2c(-c3ccccc3)cccc21. The molecule has 284 valence electrons. The van der Waals surface area contributed by atoms with Gasteiger partial charge in [-0.2, -0.15) is 0 Å². The molecule has 6 aromatic carbocycles. The molecule has 0 bridgehead atoms. The van der Waals surface area contributed by atoms with E-state index in [0.29, 0.717) is 0 Å². The van der Waals surface area contributed by atoms with Gasteiger partial charge in [-0.1, -0.05) is 0 Å². The van der Waals surface area contributed by atoms with E-state index in [0.717, 1.165) is 25.7 Å². The Morgan fingerprint density at radius 2 is 0.786 bits per heavy atom. The van der Waals surface area contributed by atoms with E-state index >= 15 is 0 Å². The summed E-state index contributed by atoms with van der Waals surface area (Å²) in [4.78, 5) is 0. The second-order valence-electron chi connectivity index (χ2n) is 18.2. The second kappa shape index (κ2) is 14.1. The van der Waals surface area contributed by atoms with Crippen molar-refractivity contribution in [2.24, 2.45) is 0 Å². The molecule has 8 rings (SSSR count). The molecule has 0 spiro atoms. The fraction of sp³-hybridized carbons (Fsp3) is 0.259. The Hall–Kier alpha value is -4.10. The summed E-state index contributed by atoms with van der Waals surface area (Å²) >= 11 is -6.31. The predicted octanol–water partition coefficient (Wildman–Crippen LogP) is 13.8. The van der Waals surface area contributed by atoms with Gasteiger partial charge in [0, 0.05) is 0 Å². The quantitative estimate of drug-likeness (QED) is 0.0960. The van der Waals surface area contributed by atoms with E-state index < -0.39 is 14.4 Å². The van der Waals surface area contributed by atoms with Gasteiger partial charge in [-0.15, -0.1) is 0 Å². The molecular formula is C54H60SiZr. The number of unbranched alkanes of at least 4 members (excludes halogenated alkanes) is 2. The summed E-state index contributed by atoms with van der Waals surface area (Å²) in [5.41, 5.74) is 14.6. The molecule has 0 aromatic heterocycles. The van der Waals surface area contributed by atoms with Crippen LogP contribution in [0.1, 0.15) is 95.7 Å². The van der Waals surface area contributed by atoms with Crippen LogP contribution in [0.15, 0.2) is 169 Å². The Balaban J connectivity index is 1.69. The van der Waals surface area contributed by atoms with E-state index in [4.69, 9.17) is 0 Å². The molecule has 0 saturated carbocycles. The maximum atomic E-state index is 2.69. The Morgan fingerprint density at radius 3 is 1.12 bits per heavy atom. The first-order valence-corrected chi connectivity index (χ1v) is 36.3. The Bertz CT molecular complexity index is 2390. The van der Waals surface area contributed by atoms with Crippen molar-refractivity contribution in [2.75, 3.05) is 0 Å². The molecule has 2 aliphatic rings. The predicted molar refractivity (Wildman–Crippen MR) is 246 cm³/mol. The molecule has 56 heavy (non-hydrogen) atoms. The van der Waals surface area contributed by atoms with Crippen LogP contribution >= 0.6 is 0 Å². The standard InChI is InChI=1S/2C17H15.2C6H5.2C4H9.H2Si.Zr/c2*1-2-13-11-15-9-6-10-16(17(15)12-13)14-7-4-3-5-8-14;2*1-2-4-6-5-3-1;2*1-3-4-2;;/h2*3-12H,2H2,1H3;2*1-5H;2*1,3-4H2,2H3;1H2;. The molecule has 0 heterocycles. The number of hydrogen-bond acceptors (Lipinski definition) is 0. The van der Waals surface area contributed by atoms with Crippen molar-refractivity contribution in [3.8, 4) is 22.3 Å². The number of fused-ring (bicyclic) bond motifs is 2. The van der Waals surface area contributed by atoms with Gasteiger partial charge in [0.05, 0.1) is 0 Å². The van der Waals surface area contributed by atoms with Crippen LogP contribution < -0.4 is 6.54 Å². The number of allylic oxidation sites excluding steroid dienone is 2. The summed E-state index contributed by atoms with van der Waals surface area (Å²) < 4.78 is 6.19. The first-order valence-electron chi connectivity index (χ1n) is 21.6. The maximum absolute atomic E-state index is 6.31. The zero-order chi connectivity index (χ0) is 38.9. The molecular weight excluding hydrogens is 768 g/mol. The molecule has 0 aliphatic heterocycles.